The average molecular weight is 402 g/mol. The number of halogens is 1. The van der Waals surface area contributed by atoms with Gasteiger partial charge in [-0.05, 0) is 36.4 Å². The van der Waals surface area contributed by atoms with E-state index in [4.69, 9.17) is 3.07 Å². The van der Waals surface area contributed by atoms with Gasteiger partial charge in [0, 0.05) is 0 Å². The molecule has 0 amide bonds. The third-order valence-electron chi connectivity index (χ3n) is 3.02. The van der Waals surface area contributed by atoms with Crippen LogP contribution in [0.3, 0.4) is 0 Å². The number of benzene rings is 3. The van der Waals surface area contributed by atoms with Crippen LogP contribution >= 0.6 is 0 Å². The minimum atomic E-state index is -2.23. The SMILES string of the molecule is O=C(O[I+](c1ccccc1)c1ccccc1)c1ccccc1. The lowest BCUT2D eigenvalue weighted by Gasteiger charge is -2.05. The maximum atomic E-state index is 12.4. The third kappa shape index (κ3) is 3.54. The molecular weight excluding hydrogens is 387 g/mol. The van der Waals surface area contributed by atoms with E-state index in [1.165, 1.54) is 0 Å². The molecule has 0 fully saturated rings. The molecule has 3 rings (SSSR count). The zero-order valence-corrected chi connectivity index (χ0v) is 14.0. The molecule has 3 aromatic rings. The molecule has 0 aliphatic rings. The Balaban J connectivity index is 1.91. The van der Waals surface area contributed by atoms with E-state index >= 15 is 0 Å². The molecule has 0 N–H and O–H groups in total. The quantitative estimate of drug-likeness (QED) is 0.612. The molecule has 0 aliphatic heterocycles. The Kier molecular flexibility index (Phi) is 4.85. The van der Waals surface area contributed by atoms with Crippen LogP contribution in [0.2, 0.25) is 0 Å². The summed E-state index contributed by atoms with van der Waals surface area (Å²) in [7, 11) is 0. The van der Waals surface area contributed by atoms with Gasteiger partial charge in [-0.25, -0.2) is 7.86 Å². The van der Waals surface area contributed by atoms with Crippen LogP contribution in [0.1, 0.15) is 10.4 Å². The van der Waals surface area contributed by atoms with Crippen molar-refractivity contribution in [1.82, 2.24) is 0 Å². The molecule has 1 radical (unpaired) electrons. The molecule has 0 saturated carbocycles. The number of hydrogen-bond acceptors (Lipinski definition) is 2. The molecule has 109 valence electrons. The highest BCUT2D eigenvalue weighted by atomic mass is 127. The van der Waals surface area contributed by atoms with E-state index in [9.17, 15) is 4.79 Å². The second-order valence-corrected chi connectivity index (χ2v) is 8.92. The topological polar surface area (TPSA) is 26.3 Å². The Bertz CT molecular complexity index is 688. The van der Waals surface area contributed by atoms with Gasteiger partial charge in [0.25, 0.3) is 0 Å². The van der Waals surface area contributed by atoms with E-state index in [2.05, 4.69) is 0 Å². The summed E-state index contributed by atoms with van der Waals surface area (Å²) < 4.78 is 8.15. The van der Waals surface area contributed by atoms with Crippen molar-refractivity contribution in [1.29, 1.82) is 0 Å². The van der Waals surface area contributed by atoms with Crippen molar-refractivity contribution >= 4 is 5.97 Å². The van der Waals surface area contributed by atoms with Crippen LogP contribution in [0.25, 0.3) is 0 Å². The summed E-state index contributed by atoms with van der Waals surface area (Å²) in [6.07, 6.45) is 0. The van der Waals surface area contributed by atoms with Gasteiger partial charge in [0.15, 0.2) is 7.14 Å². The number of carbonyl (C=O) groups is 1. The molecular formula is C19H15IO2+. The van der Waals surface area contributed by atoms with Crippen molar-refractivity contribution in [3.05, 3.63) is 104 Å². The first-order valence-electron chi connectivity index (χ1n) is 6.92. The minimum Gasteiger partial charge on any atom is -0.241 e. The Morgan fingerprint density at radius 2 is 1.05 bits per heavy atom. The largest absolute Gasteiger partial charge is 0.390 e. The van der Waals surface area contributed by atoms with Crippen molar-refractivity contribution in [2.75, 3.05) is 0 Å². The van der Waals surface area contributed by atoms with E-state index in [0.717, 1.165) is 7.14 Å². The van der Waals surface area contributed by atoms with Crippen molar-refractivity contribution in [3.8, 4) is 0 Å². The van der Waals surface area contributed by atoms with Crippen molar-refractivity contribution in [3.63, 3.8) is 0 Å². The summed E-state index contributed by atoms with van der Waals surface area (Å²) >= 11 is -2.23. The van der Waals surface area contributed by atoms with Crippen molar-refractivity contribution in [2.24, 2.45) is 0 Å². The standard InChI is InChI=1S/C19H15IO2/c21-19(16-10-4-1-5-11-16)22-20(17-12-6-2-7-13-17)18-14-8-3-9-15-18/h1-15H/q+1. The summed E-state index contributed by atoms with van der Waals surface area (Å²) in [5, 5.41) is 0. The van der Waals surface area contributed by atoms with Gasteiger partial charge < -0.3 is 0 Å². The molecule has 0 unspecified atom stereocenters. The summed E-state index contributed by atoms with van der Waals surface area (Å²) in [6, 6.07) is 29.2. The van der Waals surface area contributed by atoms with E-state index in [-0.39, 0.29) is 5.97 Å². The molecule has 0 saturated heterocycles. The van der Waals surface area contributed by atoms with Gasteiger partial charge in [-0.2, -0.15) is 0 Å². The van der Waals surface area contributed by atoms with Gasteiger partial charge in [-0.3, -0.25) is 0 Å². The van der Waals surface area contributed by atoms with Crippen LogP contribution in [-0.4, -0.2) is 5.97 Å². The first-order chi connectivity index (χ1) is 10.8. The van der Waals surface area contributed by atoms with Gasteiger partial charge in [0.2, 0.25) is 0 Å². The molecule has 0 atom stereocenters. The minimum absolute atomic E-state index is 0.251. The van der Waals surface area contributed by atoms with Crippen LogP contribution in [0, 0.1) is 7.14 Å². The summed E-state index contributed by atoms with van der Waals surface area (Å²) in [6.45, 7) is 0. The lowest BCUT2D eigenvalue weighted by molar-refractivity contribution is -1.04. The molecule has 0 heterocycles. The fourth-order valence-electron chi connectivity index (χ4n) is 1.96. The fourth-order valence-corrected chi connectivity index (χ4v) is 5.98. The van der Waals surface area contributed by atoms with Gasteiger partial charge in [-0.15, -0.1) is 0 Å². The second-order valence-electron chi connectivity index (χ2n) is 4.57. The Morgan fingerprint density at radius 3 is 1.50 bits per heavy atom. The van der Waals surface area contributed by atoms with Crippen LogP contribution in [0.15, 0.2) is 91.0 Å². The predicted molar refractivity (Wildman–Crippen MR) is 82.1 cm³/mol. The van der Waals surface area contributed by atoms with Crippen LogP contribution in [0.4, 0.5) is 0 Å². The van der Waals surface area contributed by atoms with E-state index in [0.29, 0.717) is 5.56 Å². The number of carbonyl (C=O) groups excluding carboxylic acids is 1. The normalized spacial score (nSPS) is 10.4. The fraction of sp³-hybridized carbons (Fsp3) is 0. The van der Waals surface area contributed by atoms with Gasteiger partial charge >= 0.3 is 26.2 Å². The lowest BCUT2D eigenvalue weighted by atomic mass is 10.2. The first kappa shape index (κ1) is 14.8. The molecule has 22 heavy (non-hydrogen) atoms. The summed E-state index contributed by atoms with van der Waals surface area (Å²) in [5.74, 6) is -0.251. The van der Waals surface area contributed by atoms with E-state index < -0.39 is 20.2 Å². The molecule has 0 spiro atoms. The predicted octanol–water partition coefficient (Wildman–Crippen LogP) is 1.12. The first-order valence-corrected chi connectivity index (χ1v) is 9.96. The Labute approximate surface area is 137 Å². The zero-order valence-electron chi connectivity index (χ0n) is 11.9. The van der Waals surface area contributed by atoms with E-state index in [1.54, 1.807) is 12.1 Å². The molecule has 2 nitrogen and oxygen atoms in total. The van der Waals surface area contributed by atoms with Crippen LogP contribution in [0.5, 0.6) is 0 Å². The highest BCUT2D eigenvalue weighted by Crippen LogP contribution is 1.98. The molecule has 0 aliphatic carbocycles. The van der Waals surface area contributed by atoms with Crippen LogP contribution in [-0.2, 0) is 3.07 Å². The smallest absolute Gasteiger partial charge is 0.241 e. The van der Waals surface area contributed by atoms with Crippen LogP contribution < -0.4 is 20.2 Å². The molecule has 0 aromatic heterocycles. The van der Waals surface area contributed by atoms with E-state index in [1.807, 2.05) is 78.9 Å². The van der Waals surface area contributed by atoms with Gasteiger partial charge in [-0.1, -0.05) is 54.6 Å². The second kappa shape index (κ2) is 7.22. The summed E-state index contributed by atoms with van der Waals surface area (Å²) in [4.78, 5) is 12.4. The zero-order chi connectivity index (χ0) is 15.2. The molecule has 3 heteroatoms. The molecule has 0 bridgehead atoms. The van der Waals surface area contributed by atoms with Crippen molar-refractivity contribution in [2.45, 2.75) is 0 Å². The Morgan fingerprint density at radius 1 is 0.636 bits per heavy atom. The maximum Gasteiger partial charge on any atom is 0.390 e. The number of hydrogen-bond donors (Lipinski definition) is 0. The van der Waals surface area contributed by atoms with Gasteiger partial charge in [0.1, 0.15) is 0 Å². The monoisotopic (exact) mass is 402 g/mol. The third-order valence-corrected chi connectivity index (χ3v) is 7.56. The summed E-state index contributed by atoms with van der Waals surface area (Å²) in [5.41, 5.74) is 0.594. The van der Waals surface area contributed by atoms with Crippen molar-refractivity contribution < 1.29 is 28.1 Å². The average Bonchev–Trinajstić information content (AvgIpc) is 2.62. The maximum absolute atomic E-state index is 12.4. The number of rotatable bonds is 4. The molecule has 3 aromatic carbocycles. The Hall–Kier alpha value is -2.14. The van der Waals surface area contributed by atoms with Gasteiger partial charge in [0.05, 0.1) is 5.56 Å². The highest BCUT2D eigenvalue weighted by Gasteiger charge is 2.34. The lowest BCUT2D eigenvalue weighted by Crippen LogP contribution is -3.85. The highest BCUT2D eigenvalue weighted by molar-refractivity contribution is 5.88.